The van der Waals surface area contributed by atoms with Gasteiger partial charge in [-0.25, -0.2) is 4.79 Å². The van der Waals surface area contributed by atoms with Gasteiger partial charge in [0.05, 0.1) is 11.3 Å². The number of aromatic nitrogens is 1. The summed E-state index contributed by atoms with van der Waals surface area (Å²) in [7, 11) is 0. The number of pyridine rings is 1. The molecule has 6 heteroatoms. The minimum Gasteiger partial charge on any atom is -0.478 e. The Balaban J connectivity index is 1.50. The van der Waals surface area contributed by atoms with E-state index in [-0.39, 0.29) is 11.1 Å². The van der Waals surface area contributed by atoms with Gasteiger partial charge in [-0.1, -0.05) is 66.7 Å². The molecule has 3 aromatic carbocycles. The lowest BCUT2D eigenvalue weighted by molar-refractivity contribution is 0.0693. The second-order valence-electron chi connectivity index (χ2n) is 8.69. The van der Waals surface area contributed by atoms with Gasteiger partial charge in [0.1, 0.15) is 0 Å². The van der Waals surface area contributed by atoms with Crippen molar-refractivity contribution in [2.24, 2.45) is 0 Å². The van der Waals surface area contributed by atoms with Crippen molar-refractivity contribution in [3.05, 3.63) is 112 Å². The van der Waals surface area contributed by atoms with Gasteiger partial charge < -0.3 is 5.11 Å². The molecular formula is C28H27N3O3. The van der Waals surface area contributed by atoms with Crippen molar-refractivity contribution in [1.29, 1.82) is 0 Å². The lowest BCUT2D eigenvalue weighted by Gasteiger charge is -2.35. The minimum atomic E-state index is -1.02. The van der Waals surface area contributed by atoms with Gasteiger partial charge in [-0.05, 0) is 23.8 Å². The number of rotatable bonds is 6. The van der Waals surface area contributed by atoms with Crippen LogP contribution in [0.1, 0.15) is 21.6 Å². The second kappa shape index (κ2) is 9.63. The molecule has 2 heterocycles. The van der Waals surface area contributed by atoms with Crippen molar-refractivity contribution in [2.75, 3.05) is 26.2 Å². The molecule has 0 radical (unpaired) electrons. The number of hydrogen-bond acceptors (Lipinski definition) is 4. The number of fused-ring (bicyclic) bond motifs is 1. The van der Waals surface area contributed by atoms with Crippen molar-refractivity contribution in [2.45, 2.75) is 13.1 Å². The number of para-hydroxylation sites is 1. The molecule has 1 saturated heterocycles. The Hall–Kier alpha value is -3.74. The van der Waals surface area contributed by atoms with Crippen molar-refractivity contribution < 1.29 is 9.90 Å². The lowest BCUT2D eigenvalue weighted by atomic mass is 10.0. The highest BCUT2D eigenvalue weighted by molar-refractivity contribution is 6.04. The highest BCUT2D eigenvalue weighted by atomic mass is 16.4. The summed E-state index contributed by atoms with van der Waals surface area (Å²) in [5, 5.41) is 11.1. The van der Waals surface area contributed by atoms with Crippen LogP contribution in [0.3, 0.4) is 0 Å². The molecular weight excluding hydrogens is 426 g/mol. The van der Waals surface area contributed by atoms with Crippen LogP contribution in [-0.2, 0) is 13.1 Å². The standard InChI is InChI=1S/C28H27N3O3/c32-27-24-14-8-7-13-23(24)26(28(33)34)25(31(27)22-11-5-2-6-12-22)20-30-17-15-29(16-18-30)19-21-9-3-1-4-10-21/h1-14H,15-20H2,(H,33,34). The van der Waals surface area contributed by atoms with Crippen LogP contribution in [0.2, 0.25) is 0 Å². The predicted octanol–water partition coefficient (Wildman–Crippen LogP) is 4.01. The van der Waals surface area contributed by atoms with Gasteiger partial charge in [0.25, 0.3) is 5.56 Å². The van der Waals surface area contributed by atoms with Gasteiger partial charge in [-0.3, -0.25) is 19.2 Å². The Bertz CT molecular complexity index is 1360. The first-order chi connectivity index (χ1) is 16.6. The number of piperazine rings is 1. The molecule has 0 saturated carbocycles. The van der Waals surface area contributed by atoms with Crippen molar-refractivity contribution in [3.8, 4) is 5.69 Å². The van der Waals surface area contributed by atoms with E-state index in [9.17, 15) is 14.7 Å². The maximum absolute atomic E-state index is 13.6. The first kappa shape index (κ1) is 22.1. The Morgan fingerprint density at radius 3 is 1.85 bits per heavy atom. The molecule has 0 atom stereocenters. The Labute approximate surface area is 198 Å². The number of carboxylic acid groups (broad SMARTS) is 1. The normalized spacial score (nSPS) is 14.9. The fourth-order valence-corrected chi connectivity index (χ4v) is 4.80. The SMILES string of the molecule is O=C(O)c1c(CN2CCN(Cc3ccccc3)CC2)n(-c2ccccc2)c(=O)c2ccccc12. The zero-order valence-corrected chi connectivity index (χ0v) is 18.9. The van der Waals surface area contributed by atoms with Crippen molar-refractivity contribution in [1.82, 2.24) is 14.4 Å². The van der Waals surface area contributed by atoms with Crippen LogP contribution in [-0.4, -0.2) is 51.6 Å². The minimum absolute atomic E-state index is 0.190. The topological polar surface area (TPSA) is 65.8 Å². The van der Waals surface area contributed by atoms with Gasteiger partial charge >= 0.3 is 5.97 Å². The lowest BCUT2D eigenvalue weighted by Crippen LogP contribution is -2.46. The highest BCUT2D eigenvalue weighted by Crippen LogP contribution is 2.24. The third-order valence-corrected chi connectivity index (χ3v) is 6.50. The summed E-state index contributed by atoms with van der Waals surface area (Å²) in [4.78, 5) is 30.7. The molecule has 4 aromatic rings. The molecule has 1 aliphatic heterocycles. The predicted molar refractivity (Wildman–Crippen MR) is 134 cm³/mol. The number of benzene rings is 3. The van der Waals surface area contributed by atoms with Gasteiger partial charge in [0.15, 0.2) is 0 Å². The van der Waals surface area contributed by atoms with Crippen LogP contribution in [0.15, 0.2) is 89.7 Å². The Morgan fingerprint density at radius 1 is 0.706 bits per heavy atom. The number of carbonyl (C=O) groups is 1. The fraction of sp³-hybridized carbons (Fsp3) is 0.214. The average Bonchev–Trinajstić information content (AvgIpc) is 2.86. The quantitative estimate of drug-likeness (QED) is 0.478. The average molecular weight is 454 g/mol. The van der Waals surface area contributed by atoms with Crippen LogP contribution < -0.4 is 5.56 Å². The first-order valence-corrected chi connectivity index (χ1v) is 11.6. The molecule has 0 unspecified atom stereocenters. The summed E-state index contributed by atoms with van der Waals surface area (Å²) in [6.45, 7) is 4.69. The zero-order valence-electron chi connectivity index (χ0n) is 18.9. The third kappa shape index (κ3) is 4.38. The largest absolute Gasteiger partial charge is 0.478 e. The summed E-state index contributed by atoms with van der Waals surface area (Å²) in [6, 6.07) is 26.7. The molecule has 0 amide bonds. The molecule has 0 spiro atoms. The van der Waals surface area contributed by atoms with Crippen LogP contribution in [0.25, 0.3) is 16.5 Å². The zero-order chi connectivity index (χ0) is 23.5. The fourth-order valence-electron chi connectivity index (χ4n) is 4.80. The molecule has 5 rings (SSSR count). The maximum Gasteiger partial charge on any atom is 0.338 e. The molecule has 172 valence electrons. The van der Waals surface area contributed by atoms with E-state index >= 15 is 0 Å². The van der Waals surface area contributed by atoms with E-state index in [0.29, 0.717) is 28.7 Å². The summed E-state index contributed by atoms with van der Waals surface area (Å²) >= 11 is 0. The highest BCUT2D eigenvalue weighted by Gasteiger charge is 2.25. The number of hydrogen-bond donors (Lipinski definition) is 1. The monoisotopic (exact) mass is 453 g/mol. The second-order valence-corrected chi connectivity index (χ2v) is 8.69. The van der Waals surface area contributed by atoms with Gasteiger partial charge in [0.2, 0.25) is 0 Å². The van der Waals surface area contributed by atoms with Gasteiger partial charge in [0, 0.05) is 55.7 Å². The molecule has 34 heavy (non-hydrogen) atoms. The smallest absolute Gasteiger partial charge is 0.338 e. The van der Waals surface area contributed by atoms with E-state index in [0.717, 1.165) is 32.7 Å². The van der Waals surface area contributed by atoms with Crippen LogP contribution in [0.4, 0.5) is 0 Å². The number of aromatic carboxylic acids is 1. The molecule has 1 aliphatic rings. The molecule has 0 aliphatic carbocycles. The summed E-state index contributed by atoms with van der Waals surface area (Å²) < 4.78 is 1.59. The number of carboxylic acids is 1. The van der Waals surface area contributed by atoms with Crippen LogP contribution in [0, 0.1) is 0 Å². The Morgan fingerprint density at radius 2 is 1.24 bits per heavy atom. The molecule has 1 fully saturated rings. The summed E-state index contributed by atoms with van der Waals surface area (Å²) in [5.41, 5.74) is 2.50. The molecule has 0 bridgehead atoms. The van der Waals surface area contributed by atoms with E-state index in [4.69, 9.17) is 0 Å². The Kier molecular flexibility index (Phi) is 6.25. The van der Waals surface area contributed by atoms with E-state index in [1.54, 1.807) is 28.8 Å². The number of nitrogens with zero attached hydrogens (tertiary/aromatic N) is 3. The van der Waals surface area contributed by atoms with E-state index in [1.165, 1.54) is 5.56 Å². The summed E-state index contributed by atoms with van der Waals surface area (Å²) in [6.07, 6.45) is 0. The van der Waals surface area contributed by atoms with E-state index in [2.05, 4.69) is 34.1 Å². The molecule has 6 nitrogen and oxygen atoms in total. The first-order valence-electron chi connectivity index (χ1n) is 11.6. The summed E-state index contributed by atoms with van der Waals surface area (Å²) in [5.74, 6) is -1.02. The van der Waals surface area contributed by atoms with Gasteiger partial charge in [-0.2, -0.15) is 0 Å². The van der Waals surface area contributed by atoms with Crippen molar-refractivity contribution >= 4 is 16.7 Å². The van der Waals surface area contributed by atoms with E-state index < -0.39 is 5.97 Å². The van der Waals surface area contributed by atoms with Crippen LogP contribution >= 0.6 is 0 Å². The van der Waals surface area contributed by atoms with Gasteiger partial charge in [-0.15, -0.1) is 0 Å². The van der Waals surface area contributed by atoms with Crippen LogP contribution in [0.5, 0.6) is 0 Å². The van der Waals surface area contributed by atoms with Crippen molar-refractivity contribution in [3.63, 3.8) is 0 Å². The third-order valence-electron chi connectivity index (χ3n) is 6.50. The molecule has 1 aromatic heterocycles. The molecule has 1 N–H and O–H groups in total. The maximum atomic E-state index is 13.6. The van der Waals surface area contributed by atoms with E-state index in [1.807, 2.05) is 36.4 Å².